The van der Waals surface area contributed by atoms with E-state index in [4.69, 9.17) is 9.26 Å². The average Bonchev–Trinajstić information content (AvgIpc) is 3.13. The molecule has 9 heteroatoms. The molecule has 2 unspecified atom stereocenters. The molecule has 52 heavy (non-hydrogen) atoms. The van der Waals surface area contributed by atoms with Gasteiger partial charge in [-0.2, -0.15) is 5.06 Å². The monoisotopic (exact) mass is 730 g/mol. The molecule has 8 nitrogen and oxygen atoms in total. The Morgan fingerprint density at radius 3 is 1.98 bits per heavy atom. The minimum atomic E-state index is -3.37. The van der Waals surface area contributed by atoms with Gasteiger partial charge in [-0.15, -0.1) is 0 Å². The van der Waals surface area contributed by atoms with Gasteiger partial charge in [0.05, 0.1) is 12.0 Å². The fourth-order valence-corrected chi connectivity index (χ4v) is 9.49. The molecule has 1 amide bonds. The Bertz CT molecular complexity index is 1580. The number of hydroxylamine groups is 2. The van der Waals surface area contributed by atoms with Crippen molar-refractivity contribution in [2.45, 2.75) is 116 Å². The van der Waals surface area contributed by atoms with Gasteiger partial charge in [0, 0.05) is 34.1 Å². The van der Waals surface area contributed by atoms with Gasteiger partial charge in [0.2, 0.25) is 5.91 Å². The third-order valence-electron chi connectivity index (χ3n) is 10.4. The van der Waals surface area contributed by atoms with E-state index >= 15 is 0 Å². The lowest BCUT2D eigenvalue weighted by Crippen LogP contribution is -2.62. The van der Waals surface area contributed by atoms with Crippen molar-refractivity contribution in [1.82, 2.24) is 10.4 Å². The standard InChI is InChI=1S/C43H59N2O6P/c1-7-43(6,40(47)50-29-30-51-52(49,37-24-16-11-17-25-37)38-26-18-12-19-27-38)31-35(34-21-14-10-15-22-34)23-13-8-9-20-28-39(46)44-36-32-41(2,3)45(48)42(4,5)33-36/h8,10-19,21-22,24-27,35-36,48H,7,9,20,23,28-33H2,1-6H3,(H,44,46)/b13-8+. The zero-order valence-electron chi connectivity index (χ0n) is 31.9. The molecule has 4 rings (SSSR count). The Morgan fingerprint density at radius 2 is 1.44 bits per heavy atom. The summed E-state index contributed by atoms with van der Waals surface area (Å²) in [5.74, 6) is -0.153. The maximum atomic E-state index is 14.2. The van der Waals surface area contributed by atoms with E-state index < -0.39 is 23.9 Å². The van der Waals surface area contributed by atoms with E-state index in [0.717, 1.165) is 24.8 Å². The van der Waals surface area contributed by atoms with E-state index in [9.17, 15) is 19.4 Å². The number of hydrogen-bond acceptors (Lipinski definition) is 7. The molecule has 1 heterocycles. The number of carbonyl (C=O) groups is 2. The van der Waals surface area contributed by atoms with Gasteiger partial charge in [-0.3, -0.25) is 14.2 Å². The van der Waals surface area contributed by atoms with Crippen LogP contribution in [0.25, 0.3) is 0 Å². The van der Waals surface area contributed by atoms with Crippen LogP contribution in [0.1, 0.15) is 104 Å². The third kappa shape index (κ3) is 11.0. The molecule has 0 aliphatic carbocycles. The predicted molar refractivity (Wildman–Crippen MR) is 209 cm³/mol. The molecule has 0 spiro atoms. The van der Waals surface area contributed by atoms with Crippen molar-refractivity contribution in [2.75, 3.05) is 13.2 Å². The molecule has 1 saturated heterocycles. The van der Waals surface area contributed by atoms with Gasteiger partial charge in [0.1, 0.15) is 6.61 Å². The number of carbonyl (C=O) groups excluding carboxylic acids is 2. The first-order valence-electron chi connectivity index (χ1n) is 18.7. The molecule has 0 saturated carbocycles. The SMILES string of the molecule is CCC(C)(CC(C/C=C/CCCC(=O)NC1CC(C)(C)N(O)C(C)(C)C1)c1ccccc1)C(=O)OCCOP(=O)(c1ccccc1)c1ccccc1. The van der Waals surface area contributed by atoms with Gasteiger partial charge >= 0.3 is 5.97 Å². The number of nitrogens with zero attached hydrogens (tertiary/aromatic N) is 1. The summed E-state index contributed by atoms with van der Waals surface area (Å²) in [6, 6.07) is 28.6. The lowest BCUT2D eigenvalue weighted by molar-refractivity contribution is -0.246. The van der Waals surface area contributed by atoms with Gasteiger partial charge < -0.3 is 19.8 Å². The number of amides is 1. The van der Waals surface area contributed by atoms with Gasteiger partial charge in [-0.1, -0.05) is 85.8 Å². The summed E-state index contributed by atoms with van der Waals surface area (Å²) in [6.45, 7) is 12.0. The van der Waals surface area contributed by atoms with Gasteiger partial charge in [-0.25, -0.2) is 0 Å². The zero-order chi connectivity index (χ0) is 37.8. The number of rotatable bonds is 18. The third-order valence-corrected chi connectivity index (χ3v) is 12.9. The molecule has 0 aromatic heterocycles. The normalized spacial score (nSPS) is 18.1. The van der Waals surface area contributed by atoms with Crippen LogP contribution in [0.15, 0.2) is 103 Å². The fraction of sp³-hybridized carbons (Fsp3) is 0.488. The molecule has 1 fully saturated rings. The highest BCUT2D eigenvalue weighted by Gasteiger charge is 2.45. The molecule has 2 N–H and O–H groups in total. The smallest absolute Gasteiger partial charge is 0.311 e. The molecule has 1 aliphatic rings. The second kappa shape index (κ2) is 18.5. The number of allylic oxidation sites excluding steroid dienone is 2. The van der Waals surface area contributed by atoms with Crippen LogP contribution in [0.4, 0.5) is 0 Å². The molecule has 3 aromatic rings. The van der Waals surface area contributed by atoms with Crippen molar-refractivity contribution in [3.8, 4) is 0 Å². The van der Waals surface area contributed by atoms with Gasteiger partial charge in [0.25, 0.3) is 7.37 Å². The molecule has 1 aliphatic heterocycles. The van der Waals surface area contributed by atoms with Crippen LogP contribution >= 0.6 is 7.37 Å². The summed E-state index contributed by atoms with van der Waals surface area (Å²) >= 11 is 0. The maximum absolute atomic E-state index is 14.2. The number of piperidine rings is 1. The summed E-state index contributed by atoms with van der Waals surface area (Å²) in [7, 11) is -3.37. The van der Waals surface area contributed by atoms with E-state index in [2.05, 4.69) is 29.6 Å². The van der Waals surface area contributed by atoms with Crippen LogP contribution in [0, 0.1) is 5.41 Å². The van der Waals surface area contributed by atoms with Crippen molar-refractivity contribution in [3.63, 3.8) is 0 Å². The minimum absolute atomic E-state index is 0.00227. The first-order chi connectivity index (χ1) is 24.7. The number of esters is 1. The molecule has 0 radical (unpaired) electrons. The predicted octanol–water partition coefficient (Wildman–Crippen LogP) is 8.71. The number of nitrogens with one attached hydrogen (secondary N) is 1. The molecular formula is C43H59N2O6P. The molecular weight excluding hydrogens is 671 g/mol. The minimum Gasteiger partial charge on any atom is -0.463 e. The number of benzene rings is 3. The van der Waals surface area contributed by atoms with E-state index in [-0.39, 0.29) is 37.0 Å². The summed E-state index contributed by atoms with van der Waals surface area (Å²) in [6.07, 6.45) is 9.62. The van der Waals surface area contributed by atoms with Crippen LogP contribution in [0.5, 0.6) is 0 Å². The maximum Gasteiger partial charge on any atom is 0.311 e. The van der Waals surface area contributed by atoms with Gasteiger partial charge in [0.15, 0.2) is 0 Å². The molecule has 2 atom stereocenters. The summed E-state index contributed by atoms with van der Waals surface area (Å²) in [5, 5.41) is 16.4. The van der Waals surface area contributed by atoms with E-state index in [0.29, 0.717) is 42.7 Å². The van der Waals surface area contributed by atoms with Crippen LogP contribution in [-0.2, 0) is 23.4 Å². The quantitative estimate of drug-likeness (QED) is 0.0584. The van der Waals surface area contributed by atoms with Gasteiger partial charge in [-0.05, 0) is 115 Å². The van der Waals surface area contributed by atoms with Crippen molar-refractivity contribution < 1.29 is 28.6 Å². The zero-order valence-corrected chi connectivity index (χ0v) is 32.8. The summed E-state index contributed by atoms with van der Waals surface area (Å²) < 4.78 is 26.0. The van der Waals surface area contributed by atoms with Crippen LogP contribution in [0.2, 0.25) is 0 Å². The summed E-state index contributed by atoms with van der Waals surface area (Å²) in [5.41, 5.74) is -0.389. The number of hydrogen-bond donors (Lipinski definition) is 2. The van der Waals surface area contributed by atoms with Crippen LogP contribution in [0.3, 0.4) is 0 Å². The average molecular weight is 731 g/mol. The van der Waals surface area contributed by atoms with Crippen molar-refractivity contribution >= 4 is 29.9 Å². The fourth-order valence-electron chi connectivity index (χ4n) is 7.43. The summed E-state index contributed by atoms with van der Waals surface area (Å²) in [4.78, 5) is 26.4. The molecule has 3 aromatic carbocycles. The highest BCUT2D eigenvalue weighted by molar-refractivity contribution is 7.74. The lowest BCUT2D eigenvalue weighted by atomic mass is 9.75. The van der Waals surface area contributed by atoms with E-state index in [1.54, 1.807) is 24.3 Å². The highest BCUT2D eigenvalue weighted by Crippen LogP contribution is 2.44. The second-order valence-electron chi connectivity index (χ2n) is 15.6. The Morgan fingerprint density at radius 1 is 0.904 bits per heavy atom. The topological polar surface area (TPSA) is 105 Å². The van der Waals surface area contributed by atoms with E-state index in [1.807, 2.05) is 96.1 Å². The van der Waals surface area contributed by atoms with E-state index in [1.165, 1.54) is 5.06 Å². The van der Waals surface area contributed by atoms with Crippen LogP contribution in [-0.4, -0.2) is 52.5 Å². The molecule has 0 bridgehead atoms. The Labute approximate surface area is 311 Å². The van der Waals surface area contributed by atoms with Crippen molar-refractivity contribution in [3.05, 3.63) is 109 Å². The van der Waals surface area contributed by atoms with Crippen molar-refractivity contribution in [1.29, 1.82) is 0 Å². The number of ether oxygens (including phenoxy) is 1. The Balaban J connectivity index is 1.29. The largest absolute Gasteiger partial charge is 0.463 e. The molecule has 282 valence electrons. The first-order valence-corrected chi connectivity index (χ1v) is 20.3. The number of unbranched alkanes of at least 4 members (excludes halogenated alkanes) is 1. The highest BCUT2D eigenvalue weighted by atomic mass is 31.2. The lowest BCUT2D eigenvalue weighted by Gasteiger charge is -2.51. The first kappa shape index (κ1) is 41.2. The van der Waals surface area contributed by atoms with Crippen LogP contribution < -0.4 is 15.9 Å². The van der Waals surface area contributed by atoms with Crippen molar-refractivity contribution in [2.24, 2.45) is 5.41 Å². The Hall–Kier alpha value is -3.55. The second-order valence-corrected chi connectivity index (χ2v) is 18.0. The Kier molecular flexibility index (Phi) is 14.6.